The maximum atomic E-state index is 11.6. The van der Waals surface area contributed by atoms with Gasteiger partial charge in [-0.2, -0.15) is 0 Å². The Morgan fingerprint density at radius 3 is 2.85 bits per heavy atom. The first-order valence-electron chi connectivity index (χ1n) is 6.62. The fourth-order valence-corrected chi connectivity index (χ4v) is 2.65. The molecule has 0 aliphatic heterocycles. The number of aromatic nitrogens is 1. The molecule has 0 atom stereocenters. The van der Waals surface area contributed by atoms with Crippen molar-refractivity contribution in [3.05, 3.63) is 64.6 Å². The van der Waals surface area contributed by atoms with Crippen LogP contribution < -0.4 is 5.32 Å². The molecule has 1 heterocycles. The number of aryl methyl sites for hydroxylation is 2. The molecule has 0 saturated heterocycles. The van der Waals surface area contributed by atoms with Crippen LogP contribution in [0.3, 0.4) is 0 Å². The highest BCUT2D eigenvalue weighted by atomic mass is 32.1. The van der Waals surface area contributed by atoms with E-state index in [1.807, 2.05) is 23.6 Å². The third kappa shape index (κ3) is 4.63. The number of carbonyl (C=O) groups is 1. The van der Waals surface area contributed by atoms with Crippen LogP contribution in [-0.2, 0) is 24.1 Å². The van der Waals surface area contributed by atoms with Crippen LogP contribution in [0.4, 0.5) is 0 Å². The average molecular weight is 286 g/mol. The number of thiazole rings is 1. The van der Waals surface area contributed by atoms with Crippen LogP contribution >= 0.6 is 11.3 Å². The zero-order chi connectivity index (χ0) is 14.2. The molecular weight excluding hydrogens is 268 g/mol. The standard InChI is InChI=1S/C16H18N2OS/c1-2-10-17-15(19)11-14-12-20-16(18-14)9-8-13-6-4-3-5-7-13/h2-7,12H,1,8-11H2,(H,17,19). The van der Waals surface area contributed by atoms with E-state index < -0.39 is 0 Å². The zero-order valence-electron chi connectivity index (χ0n) is 11.3. The molecule has 1 aromatic heterocycles. The maximum absolute atomic E-state index is 11.6. The van der Waals surface area contributed by atoms with Gasteiger partial charge in [0.05, 0.1) is 17.1 Å². The number of carbonyl (C=O) groups excluding carboxylic acids is 1. The highest BCUT2D eigenvalue weighted by Gasteiger charge is 2.07. The number of benzene rings is 1. The normalized spacial score (nSPS) is 10.2. The molecule has 0 unspecified atom stereocenters. The van der Waals surface area contributed by atoms with Crippen molar-refractivity contribution in [2.45, 2.75) is 19.3 Å². The summed E-state index contributed by atoms with van der Waals surface area (Å²) in [7, 11) is 0. The van der Waals surface area contributed by atoms with Crippen LogP contribution in [-0.4, -0.2) is 17.4 Å². The predicted molar refractivity (Wildman–Crippen MR) is 82.9 cm³/mol. The van der Waals surface area contributed by atoms with Crippen LogP contribution in [0, 0.1) is 0 Å². The van der Waals surface area contributed by atoms with Gasteiger partial charge < -0.3 is 5.32 Å². The highest BCUT2D eigenvalue weighted by molar-refractivity contribution is 7.09. The van der Waals surface area contributed by atoms with Gasteiger partial charge in [-0.25, -0.2) is 4.98 Å². The van der Waals surface area contributed by atoms with E-state index in [1.54, 1.807) is 17.4 Å². The molecule has 1 amide bonds. The van der Waals surface area contributed by atoms with E-state index in [2.05, 4.69) is 29.0 Å². The topological polar surface area (TPSA) is 42.0 Å². The molecule has 0 saturated carbocycles. The van der Waals surface area contributed by atoms with Gasteiger partial charge in [0.2, 0.25) is 5.91 Å². The Morgan fingerprint density at radius 1 is 1.30 bits per heavy atom. The summed E-state index contributed by atoms with van der Waals surface area (Å²) in [6, 6.07) is 10.4. The Kier molecular flexibility index (Phi) is 5.50. The van der Waals surface area contributed by atoms with Crippen molar-refractivity contribution in [1.29, 1.82) is 0 Å². The van der Waals surface area contributed by atoms with Gasteiger partial charge in [-0.3, -0.25) is 4.79 Å². The Labute approximate surface area is 123 Å². The molecule has 0 spiro atoms. The minimum absolute atomic E-state index is 0.00944. The second-order valence-electron chi connectivity index (χ2n) is 4.49. The average Bonchev–Trinajstić information content (AvgIpc) is 2.91. The van der Waals surface area contributed by atoms with E-state index in [1.165, 1.54) is 5.56 Å². The third-order valence-electron chi connectivity index (χ3n) is 2.85. The lowest BCUT2D eigenvalue weighted by Crippen LogP contribution is -2.25. The van der Waals surface area contributed by atoms with Crippen molar-refractivity contribution in [2.24, 2.45) is 0 Å². The third-order valence-corrected chi connectivity index (χ3v) is 3.81. The molecule has 0 fully saturated rings. The van der Waals surface area contributed by atoms with Crippen LogP contribution in [0.5, 0.6) is 0 Å². The van der Waals surface area contributed by atoms with E-state index >= 15 is 0 Å². The van der Waals surface area contributed by atoms with Crippen molar-refractivity contribution >= 4 is 17.2 Å². The van der Waals surface area contributed by atoms with Gasteiger partial charge in [0.1, 0.15) is 0 Å². The Balaban J connectivity index is 1.83. The molecule has 1 N–H and O–H groups in total. The van der Waals surface area contributed by atoms with Gasteiger partial charge in [-0.05, 0) is 12.0 Å². The summed E-state index contributed by atoms with van der Waals surface area (Å²) in [6.07, 6.45) is 3.92. The number of hydrogen-bond acceptors (Lipinski definition) is 3. The van der Waals surface area contributed by atoms with E-state index in [9.17, 15) is 4.79 Å². The lowest BCUT2D eigenvalue weighted by atomic mass is 10.1. The lowest BCUT2D eigenvalue weighted by Gasteiger charge is -1.99. The van der Waals surface area contributed by atoms with E-state index in [0.717, 1.165) is 23.5 Å². The van der Waals surface area contributed by atoms with Gasteiger partial charge in [0.25, 0.3) is 0 Å². The van der Waals surface area contributed by atoms with Gasteiger partial charge in [0.15, 0.2) is 0 Å². The van der Waals surface area contributed by atoms with E-state index in [4.69, 9.17) is 0 Å². The maximum Gasteiger partial charge on any atom is 0.226 e. The monoisotopic (exact) mass is 286 g/mol. The van der Waals surface area contributed by atoms with Crippen molar-refractivity contribution < 1.29 is 4.79 Å². The molecule has 4 heteroatoms. The molecule has 0 aliphatic rings. The molecule has 104 valence electrons. The second kappa shape index (κ2) is 7.60. The number of nitrogens with zero attached hydrogens (tertiary/aromatic N) is 1. The van der Waals surface area contributed by atoms with Crippen molar-refractivity contribution in [2.75, 3.05) is 6.54 Å². The van der Waals surface area contributed by atoms with Gasteiger partial charge in [-0.1, -0.05) is 36.4 Å². The lowest BCUT2D eigenvalue weighted by molar-refractivity contribution is -0.120. The van der Waals surface area contributed by atoms with Gasteiger partial charge in [0, 0.05) is 18.3 Å². The summed E-state index contributed by atoms with van der Waals surface area (Å²) < 4.78 is 0. The molecule has 2 aromatic rings. The minimum Gasteiger partial charge on any atom is -0.352 e. The molecule has 0 bridgehead atoms. The van der Waals surface area contributed by atoms with Crippen LogP contribution in [0.25, 0.3) is 0 Å². The van der Waals surface area contributed by atoms with Crippen molar-refractivity contribution in [3.63, 3.8) is 0 Å². The van der Waals surface area contributed by atoms with E-state index in [-0.39, 0.29) is 5.91 Å². The first-order chi connectivity index (χ1) is 9.78. The summed E-state index contributed by atoms with van der Waals surface area (Å²) in [5, 5.41) is 5.81. The van der Waals surface area contributed by atoms with Crippen molar-refractivity contribution in [3.8, 4) is 0 Å². The summed E-state index contributed by atoms with van der Waals surface area (Å²) in [5.41, 5.74) is 2.16. The van der Waals surface area contributed by atoms with Gasteiger partial charge >= 0.3 is 0 Å². The van der Waals surface area contributed by atoms with Crippen LogP contribution in [0.1, 0.15) is 16.3 Å². The predicted octanol–water partition coefficient (Wildman–Crippen LogP) is 2.77. The smallest absolute Gasteiger partial charge is 0.226 e. The quantitative estimate of drug-likeness (QED) is 0.795. The number of rotatable bonds is 7. The number of nitrogens with one attached hydrogen (secondary N) is 1. The fourth-order valence-electron chi connectivity index (χ4n) is 1.85. The molecule has 1 aromatic carbocycles. The summed E-state index contributed by atoms with van der Waals surface area (Å²) in [5.74, 6) is -0.00944. The molecule has 20 heavy (non-hydrogen) atoms. The van der Waals surface area contributed by atoms with E-state index in [0.29, 0.717) is 13.0 Å². The SMILES string of the molecule is C=CCNC(=O)Cc1csc(CCc2ccccc2)n1. The summed E-state index contributed by atoms with van der Waals surface area (Å²) in [4.78, 5) is 16.1. The summed E-state index contributed by atoms with van der Waals surface area (Å²) >= 11 is 1.62. The minimum atomic E-state index is -0.00944. The summed E-state index contributed by atoms with van der Waals surface area (Å²) in [6.45, 7) is 4.07. The zero-order valence-corrected chi connectivity index (χ0v) is 12.2. The van der Waals surface area contributed by atoms with Crippen molar-refractivity contribution in [1.82, 2.24) is 10.3 Å². The van der Waals surface area contributed by atoms with Gasteiger partial charge in [-0.15, -0.1) is 17.9 Å². The first kappa shape index (κ1) is 14.5. The fraction of sp³-hybridized carbons (Fsp3) is 0.250. The number of amides is 1. The first-order valence-corrected chi connectivity index (χ1v) is 7.50. The van der Waals surface area contributed by atoms with Crippen LogP contribution in [0.2, 0.25) is 0 Å². The highest BCUT2D eigenvalue weighted by Crippen LogP contribution is 2.13. The molecule has 0 aliphatic carbocycles. The largest absolute Gasteiger partial charge is 0.352 e. The number of hydrogen-bond donors (Lipinski definition) is 1. The van der Waals surface area contributed by atoms with Crippen LogP contribution in [0.15, 0.2) is 48.4 Å². The Hall–Kier alpha value is -1.94. The Bertz CT molecular complexity index is 563. The molecule has 2 rings (SSSR count). The second-order valence-corrected chi connectivity index (χ2v) is 5.43. The molecule has 3 nitrogen and oxygen atoms in total. The molecular formula is C16H18N2OS. The Morgan fingerprint density at radius 2 is 2.10 bits per heavy atom. The molecule has 0 radical (unpaired) electrons.